The molecule has 0 aromatic heterocycles. The molecule has 1 aromatic carbocycles. The van der Waals surface area contributed by atoms with Crippen LogP contribution in [-0.4, -0.2) is 35.6 Å². The Hall–Kier alpha value is -1.88. The number of carbonyl (C=O) groups excluding carboxylic acids is 1. The Morgan fingerprint density at radius 1 is 1.35 bits per heavy atom. The normalized spacial score (nSPS) is 14.8. The van der Waals surface area contributed by atoms with E-state index in [0.717, 1.165) is 18.5 Å². The second kappa shape index (κ2) is 8.67. The van der Waals surface area contributed by atoms with E-state index in [4.69, 9.17) is 12.2 Å². The van der Waals surface area contributed by atoms with Crippen LogP contribution < -0.4 is 10.6 Å². The van der Waals surface area contributed by atoms with Crippen molar-refractivity contribution >= 4 is 28.9 Å². The van der Waals surface area contributed by atoms with Crippen LogP contribution in [0, 0.1) is 0 Å². The summed E-state index contributed by atoms with van der Waals surface area (Å²) in [4.78, 5) is 14.8. The minimum absolute atomic E-state index is 0.0477. The molecule has 0 radical (unpaired) electrons. The second-order valence-corrected chi connectivity index (χ2v) is 6.29. The van der Waals surface area contributed by atoms with Gasteiger partial charge in [-0.25, -0.2) is 0 Å². The summed E-state index contributed by atoms with van der Waals surface area (Å²) in [6.45, 7) is 4.24. The molecule has 1 aliphatic rings. The van der Waals surface area contributed by atoms with Crippen molar-refractivity contribution in [2.45, 2.75) is 38.1 Å². The Morgan fingerprint density at radius 2 is 2.04 bits per heavy atom. The van der Waals surface area contributed by atoms with Gasteiger partial charge in [0.05, 0.1) is 11.3 Å². The molecule has 124 valence electrons. The molecule has 0 saturated heterocycles. The topological polar surface area (TPSA) is 44.4 Å². The van der Waals surface area contributed by atoms with Crippen molar-refractivity contribution in [3.05, 3.63) is 42.5 Å². The van der Waals surface area contributed by atoms with Gasteiger partial charge in [-0.15, -0.1) is 6.58 Å². The molecule has 5 heteroatoms. The van der Waals surface area contributed by atoms with Gasteiger partial charge in [-0.05, 0) is 37.2 Å². The Balaban J connectivity index is 2.10. The van der Waals surface area contributed by atoms with Gasteiger partial charge in [0.1, 0.15) is 0 Å². The van der Waals surface area contributed by atoms with E-state index in [1.165, 1.54) is 19.3 Å². The lowest BCUT2D eigenvalue weighted by Gasteiger charge is -2.31. The summed E-state index contributed by atoms with van der Waals surface area (Å²) >= 11 is 5.24. The summed E-state index contributed by atoms with van der Waals surface area (Å²) in [5, 5.41) is 6.62. The van der Waals surface area contributed by atoms with Crippen LogP contribution in [0.5, 0.6) is 0 Å². The van der Waals surface area contributed by atoms with Gasteiger partial charge in [-0.1, -0.05) is 37.5 Å². The molecule has 0 atom stereocenters. The Bertz CT molecular complexity index is 567. The van der Waals surface area contributed by atoms with Crippen molar-refractivity contribution in [3.63, 3.8) is 0 Å². The third-order valence-corrected chi connectivity index (χ3v) is 4.50. The zero-order valence-corrected chi connectivity index (χ0v) is 14.5. The van der Waals surface area contributed by atoms with Crippen molar-refractivity contribution in [2.75, 3.05) is 18.9 Å². The van der Waals surface area contributed by atoms with E-state index >= 15 is 0 Å². The predicted molar refractivity (Wildman–Crippen MR) is 99.8 cm³/mol. The molecule has 0 aliphatic heterocycles. The van der Waals surface area contributed by atoms with E-state index in [9.17, 15) is 4.79 Å². The molecule has 2 N–H and O–H groups in total. The molecule has 1 aromatic rings. The summed E-state index contributed by atoms with van der Waals surface area (Å²) in [6, 6.07) is 7.85. The fourth-order valence-corrected chi connectivity index (χ4v) is 3.13. The lowest BCUT2D eigenvalue weighted by Crippen LogP contribution is -2.39. The van der Waals surface area contributed by atoms with Gasteiger partial charge in [0.25, 0.3) is 5.91 Å². The third-order valence-electron chi connectivity index (χ3n) is 4.26. The number of anilines is 1. The van der Waals surface area contributed by atoms with Crippen LogP contribution >= 0.6 is 12.2 Å². The highest BCUT2D eigenvalue weighted by molar-refractivity contribution is 7.80. The third kappa shape index (κ3) is 4.79. The zero-order chi connectivity index (χ0) is 16.7. The minimum Gasteiger partial charge on any atom is -0.359 e. The smallest absolute Gasteiger partial charge is 0.255 e. The second-order valence-electron chi connectivity index (χ2n) is 5.88. The molecule has 0 spiro atoms. The van der Waals surface area contributed by atoms with Gasteiger partial charge in [-0.2, -0.15) is 0 Å². The molecule has 23 heavy (non-hydrogen) atoms. The first-order valence-electron chi connectivity index (χ1n) is 8.15. The van der Waals surface area contributed by atoms with Crippen LogP contribution in [0.1, 0.15) is 42.5 Å². The molecule has 1 fully saturated rings. The van der Waals surface area contributed by atoms with Crippen molar-refractivity contribution in [1.29, 1.82) is 0 Å². The summed E-state index contributed by atoms with van der Waals surface area (Å²) in [6.07, 6.45) is 7.62. The summed E-state index contributed by atoms with van der Waals surface area (Å²) in [5.74, 6) is 0.0477. The number of thiocarbonyl (C=S) groups is 1. The van der Waals surface area contributed by atoms with Crippen LogP contribution in [0.15, 0.2) is 36.9 Å². The van der Waals surface area contributed by atoms with Crippen LogP contribution in [0.3, 0.4) is 0 Å². The summed E-state index contributed by atoms with van der Waals surface area (Å²) in [7, 11) is 1.91. The minimum atomic E-state index is 0.0477. The van der Waals surface area contributed by atoms with E-state index in [1.54, 1.807) is 6.08 Å². The van der Waals surface area contributed by atoms with Crippen LogP contribution in [0.2, 0.25) is 0 Å². The average Bonchev–Trinajstić information content (AvgIpc) is 2.60. The maximum absolute atomic E-state index is 12.9. The number of amides is 1. The van der Waals surface area contributed by atoms with E-state index in [0.29, 0.717) is 23.3 Å². The number of nitrogens with one attached hydrogen (secondary N) is 2. The SMILES string of the molecule is C=CCNC(=S)Nc1ccccc1C(=O)N(C)C1CCCCC1. The first-order chi connectivity index (χ1) is 11.1. The Labute approximate surface area is 143 Å². The zero-order valence-electron chi connectivity index (χ0n) is 13.7. The largest absolute Gasteiger partial charge is 0.359 e. The Kier molecular flexibility index (Phi) is 6.59. The van der Waals surface area contributed by atoms with Gasteiger partial charge in [0, 0.05) is 19.6 Å². The lowest BCUT2D eigenvalue weighted by molar-refractivity contribution is 0.0697. The molecular weight excluding hydrogens is 306 g/mol. The number of carbonyl (C=O) groups is 1. The highest BCUT2D eigenvalue weighted by Crippen LogP contribution is 2.24. The van der Waals surface area contributed by atoms with Gasteiger partial charge < -0.3 is 15.5 Å². The van der Waals surface area contributed by atoms with Crippen molar-refractivity contribution in [2.24, 2.45) is 0 Å². The highest BCUT2D eigenvalue weighted by atomic mass is 32.1. The number of hydrogen-bond acceptors (Lipinski definition) is 2. The first-order valence-corrected chi connectivity index (χ1v) is 8.56. The fraction of sp³-hybridized carbons (Fsp3) is 0.444. The van der Waals surface area contributed by atoms with Gasteiger partial charge in [-0.3, -0.25) is 4.79 Å². The van der Waals surface area contributed by atoms with Gasteiger partial charge in [0.2, 0.25) is 0 Å². The van der Waals surface area contributed by atoms with Gasteiger partial charge in [0.15, 0.2) is 5.11 Å². The number of hydrogen-bond donors (Lipinski definition) is 2. The standard InChI is InChI=1S/C18H25N3OS/c1-3-13-19-18(23)20-16-12-8-7-11-15(16)17(22)21(2)14-9-5-4-6-10-14/h3,7-8,11-12,14H,1,4-6,9-10,13H2,2H3,(H2,19,20,23). The van der Waals surface area contributed by atoms with Crippen LogP contribution in [-0.2, 0) is 0 Å². The molecule has 0 heterocycles. The van der Waals surface area contributed by atoms with Crippen molar-refractivity contribution in [3.8, 4) is 0 Å². The van der Waals surface area contributed by atoms with E-state index < -0.39 is 0 Å². The summed E-state index contributed by atoms with van der Waals surface area (Å²) < 4.78 is 0. The average molecular weight is 331 g/mol. The van der Waals surface area contributed by atoms with Gasteiger partial charge >= 0.3 is 0 Å². The molecule has 1 aliphatic carbocycles. The molecule has 1 amide bonds. The molecule has 1 saturated carbocycles. The Morgan fingerprint density at radius 3 is 2.74 bits per heavy atom. The van der Waals surface area contributed by atoms with E-state index in [2.05, 4.69) is 17.2 Å². The molecule has 2 rings (SSSR count). The fourth-order valence-electron chi connectivity index (χ4n) is 2.93. The maximum atomic E-state index is 12.9. The quantitative estimate of drug-likeness (QED) is 0.639. The van der Waals surface area contributed by atoms with E-state index in [1.807, 2.05) is 36.2 Å². The molecule has 0 bridgehead atoms. The summed E-state index contributed by atoms with van der Waals surface area (Å²) in [5.41, 5.74) is 1.39. The maximum Gasteiger partial charge on any atom is 0.255 e. The van der Waals surface area contributed by atoms with Crippen LogP contribution in [0.25, 0.3) is 0 Å². The monoisotopic (exact) mass is 331 g/mol. The number of nitrogens with zero attached hydrogens (tertiary/aromatic N) is 1. The van der Waals surface area contributed by atoms with Crippen LogP contribution in [0.4, 0.5) is 5.69 Å². The highest BCUT2D eigenvalue weighted by Gasteiger charge is 2.24. The van der Waals surface area contributed by atoms with Crippen molar-refractivity contribution < 1.29 is 4.79 Å². The number of para-hydroxylation sites is 1. The molecule has 4 nitrogen and oxygen atoms in total. The number of rotatable bonds is 5. The van der Waals surface area contributed by atoms with Crippen molar-refractivity contribution in [1.82, 2.24) is 10.2 Å². The number of benzene rings is 1. The predicted octanol–water partition coefficient (Wildman–Crippen LogP) is 3.56. The first kappa shape index (κ1) is 17.5. The molecule has 0 unspecified atom stereocenters. The lowest BCUT2D eigenvalue weighted by atomic mass is 9.94. The molecular formula is C18H25N3OS. The van der Waals surface area contributed by atoms with E-state index in [-0.39, 0.29) is 5.91 Å².